The SMILES string of the molecule is CCOC(=O)Cc1nnc(S[C@@H](C)C(=O)Nc2ccc(C)cc2C)n1C. The number of carbonyl (C=O) groups excluding carboxylic acids is 2. The van der Waals surface area contributed by atoms with E-state index in [0.29, 0.717) is 17.6 Å². The summed E-state index contributed by atoms with van der Waals surface area (Å²) in [5.74, 6) is 0.0463. The van der Waals surface area contributed by atoms with Crippen molar-refractivity contribution in [1.82, 2.24) is 14.8 Å². The highest BCUT2D eigenvalue weighted by atomic mass is 32.2. The van der Waals surface area contributed by atoms with Crippen LogP contribution >= 0.6 is 11.8 Å². The van der Waals surface area contributed by atoms with Crippen molar-refractivity contribution < 1.29 is 14.3 Å². The maximum Gasteiger partial charge on any atom is 0.313 e. The van der Waals surface area contributed by atoms with Gasteiger partial charge in [-0.25, -0.2) is 0 Å². The predicted octanol–water partition coefficient (Wildman–Crippen LogP) is 2.66. The number of hydrogen-bond acceptors (Lipinski definition) is 6. The number of thioether (sulfide) groups is 1. The second-order valence-electron chi connectivity index (χ2n) is 6.01. The first-order valence-corrected chi connectivity index (χ1v) is 9.28. The molecule has 0 fully saturated rings. The maximum absolute atomic E-state index is 12.5. The molecule has 1 heterocycles. The first-order chi connectivity index (χ1) is 12.3. The third-order valence-electron chi connectivity index (χ3n) is 3.82. The van der Waals surface area contributed by atoms with Crippen LogP contribution in [0.5, 0.6) is 0 Å². The molecule has 0 saturated heterocycles. The summed E-state index contributed by atoms with van der Waals surface area (Å²) in [4.78, 5) is 24.1. The Morgan fingerprint density at radius 1 is 1.31 bits per heavy atom. The van der Waals surface area contributed by atoms with Gasteiger partial charge in [0.1, 0.15) is 12.2 Å². The molecule has 0 unspecified atom stereocenters. The standard InChI is InChI=1S/C18H24N4O3S/c1-6-25-16(23)10-15-20-21-18(22(15)5)26-13(4)17(24)19-14-8-7-11(2)9-12(14)3/h7-9,13H,6,10H2,1-5H3,(H,19,24)/t13-/m0/s1. The van der Waals surface area contributed by atoms with Crippen LogP contribution in [0, 0.1) is 13.8 Å². The van der Waals surface area contributed by atoms with E-state index in [1.807, 2.05) is 39.0 Å². The van der Waals surface area contributed by atoms with E-state index in [9.17, 15) is 9.59 Å². The topological polar surface area (TPSA) is 86.1 Å². The lowest BCUT2D eigenvalue weighted by Gasteiger charge is -2.13. The average Bonchev–Trinajstić information content (AvgIpc) is 2.90. The van der Waals surface area contributed by atoms with Gasteiger partial charge in [0, 0.05) is 12.7 Å². The highest BCUT2D eigenvalue weighted by Crippen LogP contribution is 2.24. The molecule has 0 bridgehead atoms. The molecular formula is C18H24N4O3S. The van der Waals surface area contributed by atoms with Crippen LogP contribution < -0.4 is 5.32 Å². The molecule has 0 aliphatic rings. The zero-order chi connectivity index (χ0) is 19.3. The van der Waals surface area contributed by atoms with E-state index in [-0.39, 0.29) is 23.5 Å². The Morgan fingerprint density at radius 3 is 2.69 bits per heavy atom. The van der Waals surface area contributed by atoms with Gasteiger partial charge in [0.2, 0.25) is 5.91 Å². The van der Waals surface area contributed by atoms with Crippen molar-refractivity contribution in [3.8, 4) is 0 Å². The number of benzene rings is 1. The number of aryl methyl sites for hydroxylation is 2. The van der Waals surface area contributed by atoms with E-state index in [1.165, 1.54) is 11.8 Å². The van der Waals surface area contributed by atoms with Crippen molar-refractivity contribution in [2.24, 2.45) is 7.05 Å². The monoisotopic (exact) mass is 376 g/mol. The molecule has 1 aromatic carbocycles. The van der Waals surface area contributed by atoms with Gasteiger partial charge in [-0.1, -0.05) is 29.5 Å². The van der Waals surface area contributed by atoms with Crippen molar-refractivity contribution in [2.75, 3.05) is 11.9 Å². The highest BCUT2D eigenvalue weighted by Gasteiger charge is 2.20. The van der Waals surface area contributed by atoms with Crippen LogP contribution in [0.1, 0.15) is 30.8 Å². The minimum Gasteiger partial charge on any atom is -0.466 e. The Bertz CT molecular complexity index is 804. The van der Waals surface area contributed by atoms with Crippen LogP contribution in [0.25, 0.3) is 0 Å². The van der Waals surface area contributed by atoms with Crippen molar-refractivity contribution in [1.29, 1.82) is 0 Å². The zero-order valence-electron chi connectivity index (χ0n) is 15.7. The Labute approximate surface area is 157 Å². The summed E-state index contributed by atoms with van der Waals surface area (Å²) in [5, 5.41) is 11.2. The van der Waals surface area contributed by atoms with Gasteiger partial charge in [-0.3, -0.25) is 9.59 Å². The fourth-order valence-corrected chi connectivity index (χ4v) is 3.18. The number of ether oxygens (including phenoxy) is 1. The van der Waals surface area contributed by atoms with Crippen molar-refractivity contribution in [3.05, 3.63) is 35.2 Å². The van der Waals surface area contributed by atoms with Gasteiger partial charge in [0.15, 0.2) is 5.16 Å². The van der Waals surface area contributed by atoms with Crippen LogP contribution in [-0.2, 0) is 27.8 Å². The van der Waals surface area contributed by atoms with Crippen LogP contribution in [-0.4, -0.2) is 38.5 Å². The number of anilines is 1. The van der Waals surface area contributed by atoms with Crippen LogP contribution in [0.2, 0.25) is 0 Å². The molecule has 1 N–H and O–H groups in total. The average molecular weight is 376 g/mol. The number of rotatable bonds is 7. The second-order valence-corrected chi connectivity index (χ2v) is 7.32. The molecule has 2 aromatic rings. The molecule has 1 amide bonds. The van der Waals surface area contributed by atoms with Crippen molar-refractivity contribution in [2.45, 2.75) is 44.5 Å². The van der Waals surface area contributed by atoms with E-state index >= 15 is 0 Å². The normalized spacial score (nSPS) is 11.9. The lowest BCUT2D eigenvalue weighted by molar-refractivity contribution is -0.142. The largest absolute Gasteiger partial charge is 0.466 e. The quantitative estimate of drug-likeness (QED) is 0.591. The Morgan fingerprint density at radius 2 is 2.04 bits per heavy atom. The molecule has 0 radical (unpaired) electrons. The summed E-state index contributed by atoms with van der Waals surface area (Å²) in [6, 6.07) is 5.89. The van der Waals surface area contributed by atoms with E-state index in [2.05, 4.69) is 15.5 Å². The van der Waals surface area contributed by atoms with E-state index in [1.54, 1.807) is 18.5 Å². The molecule has 2 rings (SSSR count). The summed E-state index contributed by atoms with van der Waals surface area (Å²) in [6.07, 6.45) is 0.0566. The van der Waals surface area contributed by atoms with Gasteiger partial charge in [-0.05, 0) is 39.3 Å². The number of nitrogens with one attached hydrogen (secondary N) is 1. The summed E-state index contributed by atoms with van der Waals surface area (Å²) in [5.41, 5.74) is 2.97. The molecule has 0 spiro atoms. The van der Waals surface area contributed by atoms with Gasteiger partial charge in [-0.15, -0.1) is 10.2 Å². The zero-order valence-corrected chi connectivity index (χ0v) is 16.5. The third-order valence-corrected chi connectivity index (χ3v) is 4.96. The van der Waals surface area contributed by atoms with E-state index in [0.717, 1.165) is 16.8 Å². The summed E-state index contributed by atoms with van der Waals surface area (Å²) in [7, 11) is 1.77. The second kappa shape index (κ2) is 8.84. The van der Waals surface area contributed by atoms with Crippen molar-refractivity contribution in [3.63, 3.8) is 0 Å². The number of amides is 1. The van der Waals surface area contributed by atoms with E-state index in [4.69, 9.17) is 4.74 Å². The molecule has 1 atom stereocenters. The minimum atomic E-state index is -0.367. The lowest BCUT2D eigenvalue weighted by atomic mass is 10.1. The molecule has 1 aromatic heterocycles. The maximum atomic E-state index is 12.5. The van der Waals surface area contributed by atoms with Crippen LogP contribution in [0.3, 0.4) is 0 Å². The third kappa shape index (κ3) is 5.08. The first kappa shape index (κ1) is 20.0. The molecule has 0 aliphatic carbocycles. The number of carbonyl (C=O) groups is 2. The number of esters is 1. The lowest BCUT2D eigenvalue weighted by Crippen LogP contribution is -2.23. The molecular weight excluding hydrogens is 352 g/mol. The molecule has 0 aliphatic heterocycles. The molecule has 8 heteroatoms. The molecule has 26 heavy (non-hydrogen) atoms. The van der Waals surface area contributed by atoms with Gasteiger partial charge in [-0.2, -0.15) is 0 Å². The fraction of sp³-hybridized carbons (Fsp3) is 0.444. The smallest absolute Gasteiger partial charge is 0.313 e. The first-order valence-electron chi connectivity index (χ1n) is 8.40. The van der Waals surface area contributed by atoms with Crippen molar-refractivity contribution >= 4 is 29.3 Å². The highest BCUT2D eigenvalue weighted by molar-refractivity contribution is 8.00. The minimum absolute atomic E-state index is 0.0566. The summed E-state index contributed by atoms with van der Waals surface area (Å²) in [6.45, 7) is 7.87. The predicted molar refractivity (Wildman–Crippen MR) is 101 cm³/mol. The van der Waals surface area contributed by atoms with Gasteiger partial charge >= 0.3 is 5.97 Å². The van der Waals surface area contributed by atoms with Gasteiger partial charge < -0.3 is 14.6 Å². The Hall–Kier alpha value is -2.35. The van der Waals surface area contributed by atoms with Crippen LogP contribution in [0.15, 0.2) is 23.4 Å². The summed E-state index contributed by atoms with van der Waals surface area (Å²) < 4.78 is 6.64. The van der Waals surface area contributed by atoms with Crippen LogP contribution in [0.4, 0.5) is 5.69 Å². The molecule has 7 nitrogen and oxygen atoms in total. The number of nitrogens with zero attached hydrogens (tertiary/aromatic N) is 3. The van der Waals surface area contributed by atoms with Gasteiger partial charge in [0.05, 0.1) is 11.9 Å². The number of aromatic nitrogens is 3. The fourth-order valence-electron chi connectivity index (χ4n) is 2.34. The Balaban J connectivity index is 2.00. The van der Waals surface area contributed by atoms with Gasteiger partial charge in [0.25, 0.3) is 0 Å². The van der Waals surface area contributed by atoms with E-state index < -0.39 is 0 Å². The molecule has 0 saturated carbocycles. The number of hydrogen-bond donors (Lipinski definition) is 1. The summed E-state index contributed by atoms with van der Waals surface area (Å²) >= 11 is 1.29. The Kier molecular flexibility index (Phi) is 6.79. The molecule has 140 valence electrons.